The molecule has 2 nitrogen and oxygen atoms in total. The molecule has 16 heavy (non-hydrogen) atoms. The highest BCUT2D eigenvalue weighted by molar-refractivity contribution is 5.22. The van der Waals surface area contributed by atoms with Gasteiger partial charge in [-0.2, -0.15) is 0 Å². The van der Waals surface area contributed by atoms with Crippen molar-refractivity contribution in [2.75, 3.05) is 13.2 Å². The highest BCUT2D eigenvalue weighted by Gasteiger charge is 2.21. The molecular formula is C12H15F2NO. The number of ether oxygens (including phenoxy) is 1. The van der Waals surface area contributed by atoms with E-state index in [1.165, 1.54) is 18.2 Å². The number of rotatable bonds is 3. The average Bonchev–Trinajstić information content (AvgIpc) is 2.70. The van der Waals surface area contributed by atoms with Crippen LogP contribution in [0.15, 0.2) is 18.2 Å². The van der Waals surface area contributed by atoms with Crippen molar-refractivity contribution in [2.45, 2.75) is 25.4 Å². The fourth-order valence-corrected chi connectivity index (χ4v) is 2.03. The van der Waals surface area contributed by atoms with Gasteiger partial charge in [0.2, 0.25) is 0 Å². The first-order valence-corrected chi connectivity index (χ1v) is 5.46. The minimum atomic E-state index is -0.501. The van der Waals surface area contributed by atoms with Crippen molar-refractivity contribution in [1.29, 1.82) is 0 Å². The predicted octanol–water partition coefficient (Wildman–Crippen LogP) is 2.40. The van der Waals surface area contributed by atoms with Crippen LogP contribution in [0.3, 0.4) is 0 Å². The van der Waals surface area contributed by atoms with E-state index in [4.69, 9.17) is 4.74 Å². The van der Waals surface area contributed by atoms with Gasteiger partial charge in [0.15, 0.2) is 0 Å². The first-order valence-electron chi connectivity index (χ1n) is 5.46. The van der Waals surface area contributed by atoms with Gasteiger partial charge in [0.05, 0.1) is 6.61 Å². The van der Waals surface area contributed by atoms with Crippen LogP contribution >= 0.6 is 0 Å². The molecule has 1 aliphatic heterocycles. The molecule has 0 bridgehead atoms. The van der Waals surface area contributed by atoms with Crippen molar-refractivity contribution in [3.05, 3.63) is 35.4 Å². The SMILES string of the molecule is CC(NC1CCOC1)c1c(F)cccc1F. The van der Waals surface area contributed by atoms with Crippen LogP contribution in [-0.4, -0.2) is 19.3 Å². The summed E-state index contributed by atoms with van der Waals surface area (Å²) in [4.78, 5) is 0. The van der Waals surface area contributed by atoms with E-state index in [0.29, 0.717) is 13.2 Å². The molecule has 0 spiro atoms. The van der Waals surface area contributed by atoms with Crippen LogP contribution in [0.5, 0.6) is 0 Å². The summed E-state index contributed by atoms with van der Waals surface area (Å²) in [5, 5.41) is 3.17. The zero-order chi connectivity index (χ0) is 11.5. The van der Waals surface area contributed by atoms with Crippen molar-refractivity contribution < 1.29 is 13.5 Å². The maximum Gasteiger partial charge on any atom is 0.130 e. The molecule has 2 atom stereocenters. The molecule has 1 fully saturated rings. The number of nitrogens with one attached hydrogen (secondary N) is 1. The Labute approximate surface area is 93.6 Å². The van der Waals surface area contributed by atoms with Crippen molar-refractivity contribution in [2.24, 2.45) is 0 Å². The lowest BCUT2D eigenvalue weighted by molar-refractivity contribution is 0.188. The lowest BCUT2D eigenvalue weighted by Crippen LogP contribution is -2.32. The van der Waals surface area contributed by atoms with Crippen LogP contribution in [0.1, 0.15) is 24.9 Å². The van der Waals surface area contributed by atoms with E-state index in [1.807, 2.05) is 0 Å². The van der Waals surface area contributed by atoms with E-state index in [1.54, 1.807) is 6.92 Å². The second-order valence-corrected chi connectivity index (χ2v) is 4.08. The summed E-state index contributed by atoms with van der Waals surface area (Å²) in [7, 11) is 0. The van der Waals surface area contributed by atoms with E-state index >= 15 is 0 Å². The van der Waals surface area contributed by atoms with E-state index < -0.39 is 11.6 Å². The van der Waals surface area contributed by atoms with Crippen LogP contribution in [0.25, 0.3) is 0 Å². The molecule has 0 radical (unpaired) electrons. The molecule has 1 aliphatic rings. The van der Waals surface area contributed by atoms with Gasteiger partial charge in [-0.1, -0.05) is 6.07 Å². The number of hydrogen-bond donors (Lipinski definition) is 1. The maximum absolute atomic E-state index is 13.5. The molecular weight excluding hydrogens is 212 g/mol. The van der Waals surface area contributed by atoms with Gasteiger partial charge in [-0.15, -0.1) is 0 Å². The van der Waals surface area contributed by atoms with Crippen molar-refractivity contribution >= 4 is 0 Å². The minimum absolute atomic E-state index is 0.106. The van der Waals surface area contributed by atoms with Crippen LogP contribution in [0.2, 0.25) is 0 Å². The lowest BCUT2D eigenvalue weighted by Gasteiger charge is -2.19. The summed E-state index contributed by atoms with van der Waals surface area (Å²) in [6, 6.07) is 3.78. The number of benzene rings is 1. The van der Waals surface area contributed by atoms with Gasteiger partial charge < -0.3 is 10.1 Å². The summed E-state index contributed by atoms with van der Waals surface area (Å²) in [6.07, 6.45) is 0.889. The third-order valence-electron chi connectivity index (χ3n) is 2.85. The Balaban J connectivity index is 2.10. The third-order valence-corrected chi connectivity index (χ3v) is 2.85. The van der Waals surface area contributed by atoms with E-state index in [9.17, 15) is 8.78 Å². The van der Waals surface area contributed by atoms with Crippen LogP contribution in [-0.2, 0) is 4.74 Å². The molecule has 1 aromatic carbocycles. The molecule has 2 unspecified atom stereocenters. The molecule has 1 saturated heterocycles. The molecule has 1 heterocycles. The number of hydrogen-bond acceptors (Lipinski definition) is 2. The van der Waals surface area contributed by atoms with E-state index in [-0.39, 0.29) is 17.6 Å². The first kappa shape index (κ1) is 11.5. The third kappa shape index (κ3) is 2.39. The summed E-state index contributed by atoms with van der Waals surface area (Å²) < 4.78 is 32.1. The molecule has 0 amide bonds. The average molecular weight is 227 g/mol. The Kier molecular flexibility index (Phi) is 3.51. The smallest absolute Gasteiger partial charge is 0.130 e. The van der Waals surface area contributed by atoms with Gasteiger partial charge in [-0.3, -0.25) is 0 Å². The normalized spacial score (nSPS) is 22.3. The number of halogens is 2. The zero-order valence-corrected chi connectivity index (χ0v) is 9.17. The Hall–Kier alpha value is -1.00. The summed E-state index contributed by atoms with van der Waals surface area (Å²) in [5.41, 5.74) is 0.106. The van der Waals surface area contributed by atoms with E-state index in [2.05, 4.69) is 5.32 Å². The second kappa shape index (κ2) is 4.89. The van der Waals surface area contributed by atoms with Crippen LogP contribution in [0, 0.1) is 11.6 Å². The quantitative estimate of drug-likeness (QED) is 0.856. The zero-order valence-electron chi connectivity index (χ0n) is 9.17. The Morgan fingerprint density at radius 1 is 1.38 bits per heavy atom. The molecule has 0 aromatic heterocycles. The standard InChI is InChI=1S/C12H15F2NO/c1-8(15-9-5-6-16-7-9)12-10(13)3-2-4-11(12)14/h2-4,8-9,15H,5-7H2,1H3. The molecule has 2 rings (SSSR count). The van der Waals surface area contributed by atoms with Crippen LogP contribution in [0.4, 0.5) is 8.78 Å². The monoisotopic (exact) mass is 227 g/mol. The molecule has 0 saturated carbocycles. The minimum Gasteiger partial charge on any atom is -0.380 e. The summed E-state index contributed by atoms with van der Waals surface area (Å²) >= 11 is 0. The van der Waals surface area contributed by atoms with Gasteiger partial charge in [-0.05, 0) is 25.5 Å². The van der Waals surface area contributed by atoms with Crippen molar-refractivity contribution in [3.63, 3.8) is 0 Å². The highest BCUT2D eigenvalue weighted by Crippen LogP contribution is 2.21. The fraction of sp³-hybridized carbons (Fsp3) is 0.500. The highest BCUT2D eigenvalue weighted by atomic mass is 19.1. The van der Waals surface area contributed by atoms with Gasteiger partial charge in [0.25, 0.3) is 0 Å². The van der Waals surface area contributed by atoms with Crippen molar-refractivity contribution in [3.8, 4) is 0 Å². The first-order chi connectivity index (χ1) is 7.68. The van der Waals surface area contributed by atoms with Crippen LogP contribution < -0.4 is 5.32 Å². The summed E-state index contributed by atoms with van der Waals surface area (Å²) in [5.74, 6) is -1.00. The Morgan fingerprint density at radius 3 is 2.62 bits per heavy atom. The fourth-order valence-electron chi connectivity index (χ4n) is 2.03. The second-order valence-electron chi connectivity index (χ2n) is 4.08. The van der Waals surface area contributed by atoms with Gasteiger partial charge in [0, 0.05) is 24.3 Å². The molecule has 4 heteroatoms. The van der Waals surface area contributed by atoms with Gasteiger partial charge >= 0.3 is 0 Å². The lowest BCUT2D eigenvalue weighted by atomic mass is 10.1. The molecule has 88 valence electrons. The topological polar surface area (TPSA) is 21.3 Å². The van der Waals surface area contributed by atoms with Crippen molar-refractivity contribution in [1.82, 2.24) is 5.32 Å². The Bertz CT molecular complexity index is 344. The maximum atomic E-state index is 13.5. The molecule has 1 N–H and O–H groups in total. The molecule has 0 aliphatic carbocycles. The largest absolute Gasteiger partial charge is 0.380 e. The Morgan fingerprint density at radius 2 is 2.06 bits per heavy atom. The molecule has 1 aromatic rings. The van der Waals surface area contributed by atoms with Gasteiger partial charge in [-0.25, -0.2) is 8.78 Å². The van der Waals surface area contributed by atoms with Gasteiger partial charge in [0.1, 0.15) is 11.6 Å². The predicted molar refractivity (Wildman–Crippen MR) is 57.1 cm³/mol. The summed E-state index contributed by atoms with van der Waals surface area (Å²) in [6.45, 7) is 3.09. The van der Waals surface area contributed by atoms with E-state index in [0.717, 1.165) is 6.42 Å².